The predicted molar refractivity (Wildman–Crippen MR) is 93.6 cm³/mol. The van der Waals surface area contributed by atoms with E-state index in [0.717, 1.165) is 39.9 Å². The largest absolute Gasteiger partial charge is 0.288 e. The summed E-state index contributed by atoms with van der Waals surface area (Å²) in [6.07, 6.45) is 3.91. The minimum absolute atomic E-state index is 0.0124. The minimum Gasteiger partial charge on any atom is -0.266 e. The number of hydrogen-bond acceptors (Lipinski definition) is 5. The van der Waals surface area contributed by atoms with Crippen molar-refractivity contribution < 1.29 is 0 Å². The molecule has 0 amide bonds. The van der Waals surface area contributed by atoms with Gasteiger partial charge in [-0.3, -0.25) is 4.79 Å². The quantitative estimate of drug-likeness (QED) is 0.684. The molecule has 0 saturated heterocycles. The molecule has 2 aromatic heterocycles. The van der Waals surface area contributed by atoms with Crippen molar-refractivity contribution in [3.05, 3.63) is 51.9 Å². The van der Waals surface area contributed by atoms with Gasteiger partial charge < -0.3 is 0 Å². The van der Waals surface area contributed by atoms with Gasteiger partial charge in [-0.2, -0.15) is 9.50 Å². The van der Waals surface area contributed by atoms with Crippen LogP contribution in [0.2, 0.25) is 0 Å². The maximum absolute atomic E-state index is 12.9. The van der Waals surface area contributed by atoms with Crippen molar-refractivity contribution in [1.82, 2.24) is 19.2 Å². The molecule has 0 fully saturated rings. The fourth-order valence-corrected chi connectivity index (χ4v) is 4.37. The molecular weight excluding hydrogens is 328 g/mol. The number of nitrogens with zero attached hydrogens (tertiary/aromatic N) is 4. The summed E-state index contributed by atoms with van der Waals surface area (Å²) in [6, 6.07) is 10.1. The van der Waals surface area contributed by atoms with Crippen LogP contribution < -0.4 is 5.56 Å². The predicted octanol–water partition coefficient (Wildman–Crippen LogP) is 2.70. The molecule has 0 atom stereocenters. The molecule has 0 N–H and O–H groups in total. The molecule has 1 aromatic carbocycles. The van der Waals surface area contributed by atoms with Gasteiger partial charge in [0.1, 0.15) is 0 Å². The Hall–Kier alpha value is -1.73. The van der Waals surface area contributed by atoms with Gasteiger partial charge in [-0.1, -0.05) is 42.1 Å². The van der Waals surface area contributed by atoms with Gasteiger partial charge in [0.25, 0.3) is 11.3 Å². The summed E-state index contributed by atoms with van der Waals surface area (Å²) in [5.74, 6) is 1.49. The van der Waals surface area contributed by atoms with Gasteiger partial charge >= 0.3 is 0 Å². The van der Waals surface area contributed by atoms with Crippen LogP contribution in [0, 0.1) is 0 Å². The first-order chi connectivity index (χ1) is 11.3. The first-order valence-electron chi connectivity index (χ1n) is 7.51. The Labute approximate surface area is 142 Å². The van der Waals surface area contributed by atoms with E-state index >= 15 is 0 Å². The number of hydrogen-bond donors (Lipinski definition) is 0. The zero-order valence-electron chi connectivity index (χ0n) is 12.7. The molecule has 4 rings (SSSR count). The van der Waals surface area contributed by atoms with Gasteiger partial charge in [0, 0.05) is 0 Å². The summed E-state index contributed by atoms with van der Waals surface area (Å²) in [6.45, 7) is 0.610. The zero-order valence-corrected chi connectivity index (χ0v) is 14.4. The number of fused-ring (bicyclic) bond motifs is 2. The number of aromatic nitrogens is 4. The number of benzene rings is 1. The van der Waals surface area contributed by atoms with Crippen LogP contribution >= 0.6 is 23.5 Å². The Morgan fingerprint density at radius 1 is 1.26 bits per heavy atom. The molecule has 0 saturated carbocycles. The Morgan fingerprint density at radius 2 is 2.09 bits per heavy atom. The lowest BCUT2D eigenvalue weighted by molar-refractivity contribution is 0.557. The normalized spacial score (nSPS) is 14.1. The summed E-state index contributed by atoms with van der Waals surface area (Å²) in [5, 5.41) is 0.811. The molecule has 0 radical (unpaired) electrons. The van der Waals surface area contributed by atoms with Crippen molar-refractivity contribution in [2.45, 2.75) is 29.4 Å². The number of aryl methyl sites for hydroxylation is 1. The van der Waals surface area contributed by atoms with E-state index in [0.29, 0.717) is 12.3 Å². The van der Waals surface area contributed by atoms with Crippen LogP contribution in [0.4, 0.5) is 0 Å². The molecule has 7 heteroatoms. The molecule has 1 aliphatic rings. The van der Waals surface area contributed by atoms with Crippen LogP contribution in [0.1, 0.15) is 17.7 Å². The standard InChI is InChI=1S/C16H16N4OS2/c1-22-16-18-15-17-12-8-5-9-23-13(12)14(21)20(15)19(16)10-11-6-3-2-4-7-11/h2-4,6-7H,5,8-10H2,1H3. The Kier molecular flexibility index (Phi) is 3.90. The summed E-state index contributed by atoms with van der Waals surface area (Å²) in [4.78, 5) is 22.9. The second-order valence-corrected chi connectivity index (χ2v) is 7.28. The lowest BCUT2D eigenvalue weighted by Crippen LogP contribution is -2.26. The highest BCUT2D eigenvalue weighted by molar-refractivity contribution is 7.99. The topological polar surface area (TPSA) is 52.2 Å². The zero-order chi connectivity index (χ0) is 15.8. The third kappa shape index (κ3) is 2.57. The lowest BCUT2D eigenvalue weighted by Gasteiger charge is -2.14. The third-order valence-corrected chi connectivity index (χ3v) is 5.75. The average Bonchev–Trinajstić information content (AvgIpc) is 2.94. The van der Waals surface area contributed by atoms with Crippen LogP contribution in [0.3, 0.4) is 0 Å². The third-order valence-electron chi connectivity index (χ3n) is 3.89. The van der Waals surface area contributed by atoms with E-state index in [1.807, 2.05) is 29.1 Å². The van der Waals surface area contributed by atoms with Gasteiger partial charge in [0.2, 0.25) is 0 Å². The van der Waals surface area contributed by atoms with Gasteiger partial charge in [0.15, 0.2) is 5.16 Å². The maximum Gasteiger partial charge on any atom is 0.288 e. The smallest absolute Gasteiger partial charge is 0.266 e. The number of rotatable bonds is 3. The summed E-state index contributed by atoms with van der Waals surface area (Å²) in [7, 11) is 0. The van der Waals surface area contributed by atoms with Crippen LogP contribution in [-0.4, -0.2) is 31.2 Å². The van der Waals surface area contributed by atoms with Gasteiger partial charge in [0.05, 0.1) is 17.1 Å². The Bertz CT molecular complexity index is 917. The SMILES string of the molecule is CSc1nc2nc3c(c(=O)n2n1Cc1ccccc1)SCCC3. The maximum atomic E-state index is 12.9. The van der Waals surface area contributed by atoms with E-state index < -0.39 is 0 Å². The molecule has 118 valence electrons. The Morgan fingerprint density at radius 3 is 2.87 bits per heavy atom. The fourth-order valence-electron chi connectivity index (χ4n) is 2.82. The minimum atomic E-state index is 0.0124. The second kappa shape index (κ2) is 6.05. The highest BCUT2D eigenvalue weighted by Gasteiger charge is 2.21. The van der Waals surface area contributed by atoms with E-state index in [2.05, 4.69) is 22.1 Å². The second-order valence-electron chi connectivity index (χ2n) is 5.40. The number of thioether (sulfide) groups is 2. The highest BCUT2D eigenvalue weighted by atomic mass is 32.2. The van der Waals surface area contributed by atoms with Crippen molar-refractivity contribution in [3.8, 4) is 0 Å². The first-order valence-corrected chi connectivity index (χ1v) is 9.72. The first kappa shape index (κ1) is 14.8. The van der Waals surface area contributed by atoms with E-state index in [1.54, 1.807) is 16.3 Å². The van der Waals surface area contributed by atoms with Crippen molar-refractivity contribution >= 4 is 29.3 Å². The molecule has 1 aliphatic heterocycles. The molecule has 0 spiro atoms. The average molecular weight is 344 g/mol. The van der Waals surface area contributed by atoms with Crippen molar-refractivity contribution in [3.63, 3.8) is 0 Å². The summed E-state index contributed by atoms with van der Waals surface area (Å²) >= 11 is 3.16. The van der Waals surface area contributed by atoms with Gasteiger partial charge in [-0.25, -0.2) is 9.67 Å². The van der Waals surface area contributed by atoms with Gasteiger partial charge in [-0.15, -0.1) is 11.8 Å². The Balaban J connectivity index is 1.93. The molecule has 0 bridgehead atoms. The van der Waals surface area contributed by atoms with E-state index in [-0.39, 0.29) is 5.56 Å². The molecule has 23 heavy (non-hydrogen) atoms. The van der Waals surface area contributed by atoms with E-state index in [9.17, 15) is 4.79 Å². The molecule has 0 aliphatic carbocycles. The molecule has 0 unspecified atom stereocenters. The molecule has 3 heterocycles. The van der Waals surface area contributed by atoms with E-state index in [1.165, 1.54) is 11.8 Å². The van der Waals surface area contributed by atoms with Crippen LogP contribution in [0.15, 0.2) is 45.2 Å². The van der Waals surface area contributed by atoms with Crippen molar-refractivity contribution in [2.75, 3.05) is 12.0 Å². The molecule has 3 aromatic rings. The van der Waals surface area contributed by atoms with Crippen molar-refractivity contribution in [2.24, 2.45) is 0 Å². The highest BCUT2D eigenvalue weighted by Crippen LogP contribution is 2.26. The fraction of sp³-hybridized carbons (Fsp3) is 0.312. The van der Waals surface area contributed by atoms with Crippen LogP contribution in [0.5, 0.6) is 0 Å². The van der Waals surface area contributed by atoms with Crippen LogP contribution in [0.25, 0.3) is 5.78 Å². The molecular formula is C16H16N4OS2. The molecule has 5 nitrogen and oxygen atoms in total. The van der Waals surface area contributed by atoms with Crippen molar-refractivity contribution in [1.29, 1.82) is 0 Å². The summed E-state index contributed by atoms with van der Waals surface area (Å²) < 4.78 is 3.57. The monoisotopic (exact) mass is 344 g/mol. The van der Waals surface area contributed by atoms with E-state index in [4.69, 9.17) is 0 Å². The lowest BCUT2D eigenvalue weighted by atomic mass is 10.2. The van der Waals surface area contributed by atoms with Gasteiger partial charge in [-0.05, 0) is 30.4 Å². The van der Waals surface area contributed by atoms with Crippen LogP contribution in [-0.2, 0) is 13.0 Å². The summed E-state index contributed by atoms with van der Waals surface area (Å²) in [5.41, 5.74) is 2.06.